The van der Waals surface area contributed by atoms with E-state index in [1.807, 2.05) is 7.05 Å². The summed E-state index contributed by atoms with van der Waals surface area (Å²) >= 11 is 0. The molecule has 156 valence electrons. The number of hydrogen-bond donors (Lipinski definition) is 2. The Morgan fingerprint density at radius 1 is 1.07 bits per heavy atom. The third-order valence-corrected chi connectivity index (χ3v) is 5.75. The van der Waals surface area contributed by atoms with Crippen LogP contribution in [0.5, 0.6) is 0 Å². The van der Waals surface area contributed by atoms with E-state index in [2.05, 4.69) is 81.2 Å². The third kappa shape index (κ3) is 5.63. The lowest BCUT2D eigenvalue weighted by atomic mass is 9.95. The molecule has 0 radical (unpaired) electrons. The summed E-state index contributed by atoms with van der Waals surface area (Å²) in [6.07, 6.45) is 2.37. The van der Waals surface area contributed by atoms with E-state index in [-0.39, 0.29) is 30.1 Å². The van der Waals surface area contributed by atoms with Crippen molar-refractivity contribution in [1.29, 1.82) is 0 Å². The summed E-state index contributed by atoms with van der Waals surface area (Å²) in [7, 11) is 1.85. The molecular formula is C23H31IN4O. The minimum Gasteiger partial charge on any atom is -0.373 e. The van der Waals surface area contributed by atoms with E-state index >= 15 is 0 Å². The maximum atomic E-state index is 6.01. The molecule has 2 aliphatic heterocycles. The number of nitrogens with one attached hydrogen (secondary N) is 2. The van der Waals surface area contributed by atoms with Gasteiger partial charge in [-0.05, 0) is 30.5 Å². The molecule has 0 saturated carbocycles. The summed E-state index contributed by atoms with van der Waals surface area (Å²) in [6, 6.07) is 21.6. The lowest BCUT2D eigenvalue weighted by Gasteiger charge is -2.23. The molecule has 3 atom stereocenters. The number of nitrogens with zero attached hydrogens (tertiary/aromatic N) is 2. The maximum absolute atomic E-state index is 6.01. The van der Waals surface area contributed by atoms with Crippen LogP contribution in [0.1, 0.15) is 24.5 Å². The molecule has 2 N–H and O–H groups in total. The minimum absolute atomic E-state index is 0. The Kier molecular flexibility index (Phi) is 8.18. The Balaban J connectivity index is 0.00000240. The Hall–Kier alpha value is -1.80. The third-order valence-electron chi connectivity index (χ3n) is 5.75. The van der Waals surface area contributed by atoms with Crippen LogP contribution in [0, 0.1) is 5.92 Å². The zero-order valence-electron chi connectivity index (χ0n) is 17.0. The number of guanidine groups is 1. The summed E-state index contributed by atoms with van der Waals surface area (Å²) < 4.78 is 6.01. The maximum Gasteiger partial charge on any atom is 0.191 e. The number of halogens is 1. The van der Waals surface area contributed by atoms with Crippen LogP contribution in [-0.2, 0) is 4.74 Å². The molecular weight excluding hydrogens is 475 g/mol. The van der Waals surface area contributed by atoms with Gasteiger partial charge in [0.15, 0.2) is 5.96 Å². The molecule has 0 aliphatic carbocycles. The smallest absolute Gasteiger partial charge is 0.191 e. The van der Waals surface area contributed by atoms with Gasteiger partial charge in [0, 0.05) is 50.9 Å². The number of ether oxygens (including phenoxy) is 1. The van der Waals surface area contributed by atoms with E-state index in [1.54, 1.807) is 0 Å². The van der Waals surface area contributed by atoms with E-state index in [1.165, 1.54) is 11.3 Å². The monoisotopic (exact) mass is 506 g/mol. The van der Waals surface area contributed by atoms with Gasteiger partial charge < -0.3 is 20.3 Å². The molecule has 0 bridgehead atoms. The summed E-state index contributed by atoms with van der Waals surface area (Å²) in [5.74, 6) is 1.35. The predicted octanol–water partition coefficient (Wildman–Crippen LogP) is 3.83. The van der Waals surface area contributed by atoms with Crippen molar-refractivity contribution in [2.45, 2.75) is 25.0 Å². The standard InChI is InChI=1S/C23H30N4O.HI/c1-24-23(26-20-12-14-27(17-20)21-10-6-3-7-11-21)25-16-19-13-15-28-22(19)18-8-4-2-5-9-18;/h2-11,19-20,22H,12-17H2,1H3,(H2,24,25,26);1H. The number of anilines is 1. The van der Waals surface area contributed by atoms with Crippen molar-refractivity contribution >= 4 is 35.6 Å². The molecule has 2 fully saturated rings. The SMILES string of the molecule is CN=C(NCC1CCOC1c1ccccc1)NC1CCN(c2ccccc2)C1.I. The molecule has 3 unspecified atom stereocenters. The van der Waals surface area contributed by atoms with Crippen LogP contribution >= 0.6 is 24.0 Å². The Bertz CT molecular complexity index is 771. The highest BCUT2D eigenvalue weighted by Crippen LogP contribution is 2.33. The molecule has 2 heterocycles. The van der Waals surface area contributed by atoms with Gasteiger partial charge in [-0.3, -0.25) is 4.99 Å². The van der Waals surface area contributed by atoms with Crippen LogP contribution in [-0.4, -0.2) is 45.3 Å². The molecule has 0 aromatic heterocycles. The number of para-hydroxylation sites is 1. The van der Waals surface area contributed by atoms with Crippen molar-refractivity contribution < 1.29 is 4.74 Å². The van der Waals surface area contributed by atoms with Gasteiger partial charge in [-0.2, -0.15) is 0 Å². The van der Waals surface area contributed by atoms with Crippen LogP contribution in [0.2, 0.25) is 0 Å². The summed E-state index contributed by atoms with van der Waals surface area (Å²) in [4.78, 5) is 6.87. The normalized spacial score (nSPS) is 24.2. The van der Waals surface area contributed by atoms with Crippen LogP contribution in [0.15, 0.2) is 65.7 Å². The molecule has 2 aromatic rings. The van der Waals surface area contributed by atoms with Crippen molar-refractivity contribution in [1.82, 2.24) is 10.6 Å². The molecule has 0 spiro atoms. The van der Waals surface area contributed by atoms with Gasteiger partial charge in [-0.25, -0.2) is 0 Å². The van der Waals surface area contributed by atoms with Gasteiger partial charge in [-0.1, -0.05) is 48.5 Å². The van der Waals surface area contributed by atoms with Gasteiger partial charge in [0.05, 0.1) is 6.10 Å². The summed E-state index contributed by atoms with van der Waals surface area (Å²) in [5.41, 5.74) is 2.56. The topological polar surface area (TPSA) is 48.9 Å². The largest absolute Gasteiger partial charge is 0.373 e. The quantitative estimate of drug-likeness (QED) is 0.368. The number of aliphatic imine (C=N–C) groups is 1. The van der Waals surface area contributed by atoms with E-state index in [4.69, 9.17) is 4.74 Å². The van der Waals surface area contributed by atoms with Gasteiger partial charge in [0.1, 0.15) is 0 Å². The van der Waals surface area contributed by atoms with Gasteiger partial charge in [0.2, 0.25) is 0 Å². The fourth-order valence-electron chi connectivity index (χ4n) is 4.22. The second-order valence-corrected chi connectivity index (χ2v) is 7.62. The highest BCUT2D eigenvalue weighted by atomic mass is 127. The Labute approximate surface area is 191 Å². The lowest BCUT2D eigenvalue weighted by molar-refractivity contribution is 0.0915. The molecule has 0 amide bonds. The lowest BCUT2D eigenvalue weighted by Crippen LogP contribution is -2.46. The Morgan fingerprint density at radius 3 is 2.52 bits per heavy atom. The van der Waals surface area contributed by atoms with Gasteiger partial charge in [-0.15, -0.1) is 24.0 Å². The first-order chi connectivity index (χ1) is 13.8. The first-order valence-electron chi connectivity index (χ1n) is 10.3. The highest BCUT2D eigenvalue weighted by molar-refractivity contribution is 14.0. The van der Waals surface area contributed by atoms with Crippen molar-refractivity contribution in [2.75, 3.05) is 38.2 Å². The number of hydrogen-bond acceptors (Lipinski definition) is 3. The van der Waals surface area contributed by atoms with Gasteiger partial charge >= 0.3 is 0 Å². The van der Waals surface area contributed by atoms with E-state index < -0.39 is 0 Å². The van der Waals surface area contributed by atoms with Crippen molar-refractivity contribution in [2.24, 2.45) is 10.9 Å². The fourth-order valence-corrected chi connectivity index (χ4v) is 4.22. The van der Waals surface area contributed by atoms with Crippen molar-refractivity contribution in [3.8, 4) is 0 Å². The molecule has 6 heteroatoms. The first-order valence-corrected chi connectivity index (χ1v) is 10.3. The average molecular weight is 506 g/mol. The van der Waals surface area contributed by atoms with Crippen LogP contribution in [0.3, 0.4) is 0 Å². The second kappa shape index (κ2) is 10.8. The molecule has 5 nitrogen and oxygen atoms in total. The zero-order chi connectivity index (χ0) is 19.2. The minimum atomic E-state index is 0. The molecule has 2 aromatic carbocycles. The first kappa shape index (κ1) is 21.9. The van der Waals surface area contributed by atoms with Gasteiger partial charge in [0.25, 0.3) is 0 Å². The molecule has 2 saturated heterocycles. The second-order valence-electron chi connectivity index (χ2n) is 7.62. The van der Waals surface area contributed by atoms with E-state index in [0.717, 1.165) is 45.0 Å². The molecule has 4 rings (SSSR count). The zero-order valence-corrected chi connectivity index (χ0v) is 19.3. The van der Waals surface area contributed by atoms with Crippen molar-refractivity contribution in [3.63, 3.8) is 0 Å². The van der Waals surface area contributed by atoms with Crippen LogP contribution in [0.4, 0.5) is 5.69 Å². The van der Waals surface area contributed by atoms with E-state index in [0.29, 0.717) is 12.0 Å². The fraction of sp³-hybridized carbons (Fsp3) is 0.435. The summed E-state index contributed by atoms with van der Waals surface area (Å²) in [6.45, 7) is 3.77. The van der Waals surface area contributed by atoms with Crippen molar-refractivity contribution in [3.05, 3.63) is 66.2 Å². The Morgan fingerprint density at radius 2 is 1.79 bits per heavy atom. The summed E-state index contributed by atoms with van der Waals surface area (Å²) in [5, 5.41) is 7.13. The number of benzene rings is 2. The van der Waals surface area contributed by atoms with E-state index in [9.17, 15) is 0 Å². The highest BCUT2D eigenvalue weighted by Gasteiger charge is 2.30. The molecule has 29 heavy (non-hydrogen) atoms. The van der Waals surface area contributed by atoms with Crippen LogP contribution in [0.25, 0.3) is 0 Å². The number of rotatable bonds is 5. The average Bonchev–Trinajstić information content (AvgIpc) is 3.42. The predicted molar refractivity (Wildman–Crippen MR) is 130 cm³/mol. The molecule has 2 aliphatic rings. The van der Waals surface area contributed by atoms with Crippen LogP contribution < -0.4 is 15.5 Å².